The highest BCUT2D eigenvalue weighted by molar-refractivity contribution is 6.13. The van der Waals surface area contributed by atoms with Gasteiger partial charge < -0.3 is 9.84 Å². The van der Waals surface area contributed by atoms with Gasteiger partial charge in [0.1, 0.15) is 5.75 Å². The lowest BCUT2D eigenvalue weighted by atomic mass is 9.86. The van der Waals surface area contributed by atoms with Crippen LogP contribution in [0.5, 0.6) is 5.75 Å². The summed E-state index contributed by atoms with van der Waals surface area (Å²) < 4.78 is 5.55. The highest BCUT2D eigenvalue weighted by Gasteiger charge is 2.30. The van der Waals surface area contributed by atoms with E-state index >= 15 is 0 Å². The van der Waals surface area contributed by atoms with Crippen LogP contribution in [0.4, 0.5) is 0 Å². The predicted molar refractivity (Wildman–Crippen MR) is 93.7 cm³/mol. The van der Waals surface area contributed by atoms with E-state index < -0.39 is 11.6 Å². The van der Waals surface area contributed by atoms with Crippen LogP contribution in [0.15, 0.2) is 48.3 Å². The van der Waals surface area contributed by atoms with Crippen LogP contribution < -0.4 is 4.74 Å². The molecule has 0 aliphatic heterocycles. The van der Waals surface area contributed by atoms with Crippen molar-refractivity contribution < 1.29 is 19.4 Å². The van der Waals surface area contributed by atoms with Gasteiger partial charge in [-0.25, -0.2) is 4.79 Å². The standard InChI is InChI=1S/C20H19NO4/c1-20(2,19(23)24)25-16-7-8-17-14(11-16)5-6-15(18(17)22)10-13-4-3-9-21-12-13/h3-4,7-12H,5-6H2,1-2H3,(H,23,24)/b15-10-. The highest BCUT2D eigenvalue weighted by Crippen LogP contribution is 2.30. The van der Waals surface area contributed by atoms with Crippen molar-refractivity contribution >= 4 is 17.8 Å². The molecule has 0 spiro atoms. The Bertz CT molecular complexity index is 853. The average molecular weight is 337 g/mol. The summed E-state index contributed by atoms with van der Waals surface area (Å²) >= 11 is 0. The van der Waals surface area contributed by atoms with Crippen molar-refractivity contribution in [2.45, 2.75) is 32.3 Å². The fourth-order valence-electron chi connectivity index (χ4n) is 2.76. The molecule has 1 N–H and O–H groups in total. The van der Waals surface area contributed by atoms with E-state index in [1.807, 2.05) is 18.2 Å². The normalized spacial score (nSPS) is 15.8. The number of ketones is 1. The molecular formula is C20H19NO4. The first kappa shape index (κ1) is 16.9. The van der Waals surface area contributed by atoms with E-state index in [1.54, 1.807) is 30.6 Å². The van der Waals surface area contributed by atoms with E-state index in [9.17, 15) is 9.59 Å². The molecule has 1 aromatic heterocycles. The number of ether oxygens (including phenoxy) is 1. The van der Waals surface area contributed by atoms with E-state index in [0.29, 0.717) is 24.2 Å². The maximum absolute atomic E-state index is 12.7. The molecule has 0 saturated heterocycles. The lowest BCUT2D eigenvalue weighted by molar-refractivity contribution is -0.152. The number of carboxylic acids is 1. The lowest BCUT2D eigenvalue weighted by Gasteiger charge is -2.23. The first-order valence-electron chi connectivity index (χ1n) is 8.07. The van der Waals surface area contributed by atoms with Gasteiger partial charge in [0.25, 0.3) is 0 Å². The number of allylic oxidation sites excluding steroid dienone is 1. The third kappa shape index (κ3) is 3.60. The van der Waals surface area contributed by atoms with Gasteiger partial charge in [-0.2, -0.15) is 0 Å². The van der Waals surface area contributed by atoms with E-state index in [4.69, 9.17) is 9.84 Å². The van der Waals surface area contributed by atoms with Crippen LogP contribution in [0.3, 0.4) is 0 Å². The third-order valence-corrected chi connectivity index (χ3v) is 4.19. The number of carboxylic acid groups (broad SMARTS) is 1. The van der Waals surface area contributed by atoms with E-state index in [1.165, 1.54) is 13.8 Å². The first-order valence-corrected chi connectivity index (χ1v) is 8.07. The number of aryl methyl sites for hydroxylation is 1. The van der Waals surface area contributed by atoms with Crippen LogP contribution in [0, 0.1) is 0 Å². The van der Waals surface area contributed by atoms with Crippen molar-refractivity contribution in [2.75, 3.05) is 0 Å². The summed E-state index contributed by atoms with van der Waals surface area (Å²) in [6, 6.07) is 8.86. The second-order valence-corrected chi connectivity index (χ2v) is 6.52. The number of nitrogens with zero attached hydrogens (tertiary/aromatic N) is 1. The number of hydrogen-bond donors (Lipinski definition) is 1. The Morgan fingerprint density at radius 1 is 1.28 bits per heavy atom. The van der Waals surface area contributed by atoms with Crippen molar-refractivity contribution in [3.63, 3.8) is 0 Å². The SMILES string of the molecule is CC(C)(Oc1ccc2c(c1)CC/C(=C/c1cccnc1)C2=O)C(=O)O. The number of aromatic nitrogens is 1. The Morgan fingerprint density at radius 2 is 2.08 bits per heavy atom. The zero-order valence-corrected chi connectivity index (χ0v) is 14.2. The van der Waals surface area contributed by atoms with Crippen LogP contribution in [0.25, 0.3) is 6.08 Å². The Hall–Kier alpha value is -2.95. The molecule has 0 unspecified atom stereocenters. The molecule has 0 fully saturated rings. The summed E-state index contributed by atoms with van der Waals surface area (Å²) in [5, 5.41) is 9.17. The van der Waals surface area contributed by atoms with Crippen LogP contribution in [-0.2, 0) is 11.2 Å². The lowest BCUT2D eigenvalue weighted by Crippen LogP contribution is -2.37. The Balaban J connectivity index is 1.86. The number of benzene rings is 1. The summed E-state index contributed by atoms with van der Waals surface area (Å²) in [5.41, 5.74) is 1.85. The van der Waals surface area contributed by atoms with Crippen LogP contribution in [-0.4, -0.2) is 27.4 Å². The molecule has 3 rings (SSSR count). The molecule has 0 atom stereocenters. The number of Topliss-reactive ketones (excluding diaryl/α,β-unsaturated/α-hetero) is 1. The fourth-order valence-corrected chi connectivity index (χ4v) is 2.76. The maximum atomic E-state index is 12.7. The van der Waals surface area contributed by atoms with Crippen molar-refractivity contribution in [3.05, 3.63) is 65.0 Å². The zero-order chi connectivity index (χ0) is 18.0. The monoisotopic (exact) mass is 337 g/mol. The molecule has 2 aromatic rings. The number of hydrogen-bond acceptors (Lipinski definition) is 4. The highest BCUT2D eigenvalue weighted by atomic mass is 16.5. The number of rotatable bonds is 4. The Kier molecular flexibility index (Phi) is 4.40. The molecule has 5 heteroatoms. The van der Waals surface area contributed by atoms with Gasteiger partial charge in [-0.1, -0.05) is 6.07 Å². The topological polar surface area (TPSA) is 76.5 Å². The summed E-state index contributed by atoms with van der Waals surface area (Å²) in [4.78, 5) is 28.0. The molecule has 0 amide bonds. The van der Waals surface area contributed by atoms with Crippen molar-refractivity contribution in [2.24, 2.45) is 0 Å². The molecular weight excluding hydrogens is 318 g/mol. The summed E-state index contributed by atoms with van der Waals surface area (Å²) in [6.07, 6.45) is 6.63. The minimum Gasteiger partial charge on any atom is -0.478 e. The second kappa shape index (κ2) is 6.51. The molecule has 1 heterocycles. The summed E-state index contributed by atoms with van der Waals surface area (Å²) in [5.74, 6) is -0.587. The quantitative estimate of drug-likeness (QED) is 0.864. The molecule has 25 heavy (non-hydrogen) atoms. The molecule has 1 aliphatic carbocycles. The minimum absolute atomic E-state index is 0.00542. The van der Waals surface area contributed by atoms with Gasteiger partial charge in [0.05, 0.1) is 0 Å². The Morgan fingerprint density at radius 3 is 2.76 bits per heavy atom. The zero-order valence-electron chi connectivity index (χ0n) is 14.2. The van der Waals surface area contributed by atoms with Gasteiger partial charge in [0.2, 0.25) is 0 Å². The molecule has 0 bridgehead atoms. The average Bonchev–Trinajstić information content (AvgIpc) is 2.58. The summed E-state index contributed by atoms with van der Waals surface area (Å²) in [7, 11) is 0. The van der Waals surface area contributed by atoms with Crippen molar-refractivity contribution in [1.29, 1.82) is 0 Å². The van der Waals surface area contributed by atoms with Gasteiger partial charge in [0.15, 0.2) is 11.4 Å². The molecule has 0 radical (unpaired) electrons. The van der Waals surface area contributed by atoms with Crippen molar-refractivity contribution in [3.8, 4) is 5.75 Å². The number of pyridine rings is 1. The van der Waals surface area contributed by atoms with Crippen molar-refractivity contribution in [1.82, 2.24) is 4.98 Å². The third-order valence-electron chi connectivity index (χ3n) is 4.19. The molecule has 5 nitrogen and oxygen atoms in total. The number of carbonyl (C=O) groups is 2. The largest absolute Gasteiger partial charge is 0.478 e. The van der Waals surface area contributed by atoms with E-state index in [2.05, 4.69) is 4.98 Å². The molecule has 1 aliphatic rings. The Labute approximate surface area is 146 Å². The second-order valence-electron chi connectivity index (χ2n) is 6.52. The van der Waals surface area contributed by atoms with Gasteiger partial charge in [-0.3, -0.25) is 9.78 Å². The summed E-state index contributed by atoms with van der Waals surface area (Å²) in [6.45, 7) is 2.99. The number of carbonyl (C=O) groups excluding carboxylic acids is 1. The molecule has 0 saturated carbocycles. The minimum atomic E-state index is -1.32. The van der Waals surface area contributed by atoms with Gasteiger partial charge >= 0.3 is 5.97 Å². The maximum Gasteiger partial charge on any atom is 0.347 e. The van der Waals surface area contributed by atoms with E-state index in [0.717, 1.165) is 16.7 Å². The van der Waals surface area contributed by atoms with Crippen LogP contribution >= 0.6 is 0 Å². The van der Waals surface area contributed by atoms with Crippen LogP contribution in [0.2, 0.25) is 0 Å². The molecule has 128 valence electrons. The van der Waals surface area contributed by atoms with Crippen LogP contribution in [0.1, 0.15) is 41.8 Å². The first-order chi connectivity index (χ1) is 11.9. The number of aliphatic carboxylic acids is 1. The predicted octanol–water partition coefficient (Wildman–Crippen LogP) is 3.54. The van der Waals surface area contributed by atoms with Gasteiger partial charge in [-0.05, 0) is 68.2 Å². The number of fused-ring (bicyclic) bond motifs is 1. The van der Waals surface area contributed by atoms with E-state index in [-0.39, 0.29) is 5.78 Å². The fraction of sp³-hybridized carbons (Fsp3) is 0.250. The smallest absolute Gasteiger partial charge is 0.347 e. The van der Waals surface area contributed by atoms with Gasteiger partial charge in [0, 0.05) is 23.5 Å². The molecule has 1 aromatic carbocycles. The van der Waals surface area contributed by atoms with Gasteiger partial charge in [-0.15, -0.1) is 0 Å².